The summed E-state index contributed by atoms with van der Waals surface area (Å²) in [7, 11) is 1.63. The summed E-state index contributed by atoms with van der Waals surface area (Å²) in [6.07, 6.45) is 1.70. The molecule has 0 radical (unpaired) electrons. The van der Waals surface area contributed by atoms with Gasteiger partial charge < -0.3 is 14.8 Å². The van der Waals surface area contributed by atoms with Crippen LogP contribution in [0.1, 0.15) is 30.2 Å². The largest absolute Gasteiger partial charge is 0.383 e. The van der Waals surface area contributed by atoms with Gasteiger partial charge in [0.1, 0.15) is 6.10 Å². The first-order chi connectivity index (χ1) is 11.0. The topological polar surface area (TPSA) is 65.4 Å². The lowest BCUT2D eigenvalue weighted by Crippen LogP contribution is -2.46. The number of halogens is 2. The molecule has 2 aliphatic rings. The van der Waals surface area contributed by atoms with E-state index in [9.17, 15) is 13.6 Å². The Morgan fingerprint density at radius 3 is 3.04 bits per heavy atom. The van der Waals surface area contributed by atoms with E-state index in [0.717, 1.165) is 17.7 Å². The number of carbonyl (C=O) groups is 1. The third-order valence-corrected chi connectivity index (χ3v) is 4.31. The summed E-state index contributed by atoms with van der Waals surface area (Å²) in [4.78, 5) is 11.9. The van der Waals surface area contributed by atoms with Gasteiger partial charge in [0.25, 0.3) is 0 Å². The fraction of sp³-hybridized carbons (Fsp3) is 0.733. The molecule has 1 N–H and O–H groups in total. The summed E-state index contributed by atoms with van der Waals surface area (Å²) in [5.41, 5.74) is 1.91. The molecule has 8 heteroatoms. The second-order valence-corrected chi connectivity index (χ2v) is 6.11. The maximum Gasteiger partial charge on any atom is 0.249 e. The van der Waals surface area contributed by atoms with Crippen molar-refractivity contribution in [3.63, 3.8) is 0 Å². The summed E-state index contributed by atoms with van der Waals surface area (Å²) < 4.78 is 38.2. The molecule has 0 bridgehead atoms. The van der Waals surface area contributed by atoms with E-state index in [1.165, 1.54) is 0 Å². The van der Waals surface area contributed by atoms with Crippen molar-refractivity contribution in [3.8, 4) is 0 Å². The van der Waals surface area contributed by atoms with E-state index < -0.39 is 11.8 Å². The van der Waals surface area contributed by atoms with Crippen LogP contribution < -0.4 is 5.32 Å². The Morgan fingerprint density at radius 2 is 2.35 bits per heavy atom. The monoisotopic (exact) mass is 329 g/mol. The SMILES string of the molecule is COCCn1cc2c(n1)C(CNC(=O)C1CC(F)(F)C1)OCC2. The van der Waals surface area contributed by atoms with Crippen molar-refractivity contribution in [1.29, 1.82) is 0 Å². The van der Waals surface area contributed by atoms with Gasteiger partial charge in [0.05, 0.1) is 25.5 Å². The van der Waals surface area contributed by atoms with Gasteiger partial charge in [0, 0.05) is 38.6 Å². The van der Waals surface area contributed by atoms with Crippen molar-refractivity contribution < 1.29 is 23.0 Å². The molecule has 3 rings (SSSR count). The van der Waals surface area contributed by atoms with Gasteiger partial charge in [-0.2, -0.15) is 5.10 Å². The number of hydrogen-bond acceptors (Lipinski definition) is 4. The minimum atomic E-state index is -2.68. The number of amides is 1. The van der Waals surface area contributed by atoms with E-state index in [4.69, 9.17) is 9.47 Å². The Balaban J connectivity index is 1.55. The third-order valence-electron chi connectivity index (χ3n) is 4.31. The zero-order chi connectivity index (χ0) is 16.4. The molecule has 1 atom stereocenters. The number of rotatable bonds is 6. The predicted molar refractivity (Wildman–Crippen MR) is 77.2 cm³/mol. The highest BCUT2D eigenvalue weighted by Gasteiger charge is 2.48. The first kappa shape index (κ1) is 16.3. The van der Waals surface area contributed by atoms with Gasteiger partial charge in [-0.1, -0.05) is 0 Å². The molecule has 128 valence electrons. The number of nitrogens with zero attached hydrogens (tertiary/aromatic N) is 2. The van der Waals surface area contributed by atoms with Crippen LogP contribution in [0.25, 0.3) is 0 Å². The number of ether oxygens (including phenoxy) is 2. The highest BCUT2D eigenvalue weighted by molar-refractivity contribution is 5.79. The number of fused-ring (bicyclic) bond motifs is 1. The first-order valence-electron chi connectivity index (χ1n) is 7.81. The van der Waals surface area contributed by atoms with Crippen LogP contribution in [0.3, 0.4) is 0 Å². The Morgan fingerprint density at radius 1 is 1.57 bits per heavy atom. The van der Waals surface area contributed by atoms with Crippen molar-refractivity contribution >= 4 is 5.91 Å². The molecule has 1 aliphatic carbocycles. The van der Waals surface area contributed by atoms with E-state index in [1.54, 1.807) is 7.11 Å². The summed E-state index contributed by atoms with van der Waals surface area (Å²) in [6.45, 7) is 2.04. The van der Waals surface area contributed by atoms with Crippen molar-refractivity contribution in [2.24, 2.45) is 5.92 Å². The summed E-state index contributed by atoms with van der Waals surface area (Å²) >= 11 is 0. The number of nitrogens with one attached hydrogen (secondary N) is 1. The average molecular weight is 329 g/mol. The van der Waals surface area contributed by atoms with Gasteiger partial charge in [-0.15, -0.1) is 0 Å². The highest BCUT2D eigenvalue weighted by Crippen LogP contribution is 2.42. The zero-order valence-electron chi connectivity index (χ0n) is 13.1. The van der Waals surface area contributed by atoms with Crippen molar-refractivity contribution in [1.82, 2.24) is 15.1 Å². The minimum Gasteiger partial charge on any atom is -0.383 e. The minimum absolute atomic E-state index is 0.259. The smallest absolute Gasteiger partial charge is 0.249 e. The normalized spacial score (nSPS) is 23.2. The lowest BCUT2D eigenvalue weighted by molar-refractivity contribution is -0.150. The van der Waals surface area contributed by atoms with Gasteiger partial charge in [0.2, 0.25) is 11.8 Å². The molecule has 2 heterocycles. The number of methoxy groups -OCH3 is 1. The second-order valence-electron chi connectivity index (χ2n) is 6.11. The van der Waals surface area contributed by atoms with Crippen LogP contribution in [-0.2, 0) is 27.2 Å². The van der Waals surface area contributed by atoms with E-state index in [1.807, 2.05) is 10.9 Å². The van der Waals surface area contributed by atoms with Crippen LogP contribution in [0.2, 0.25) is 0 Å². The van der Waals surface area contributed by atoms with Gasteiger partial charge in [-0.25, -0.2) is 8.78 Å². The lowest BCUT2D eigenvalue weighted by Gasteiger charge is -2.34. The molecule has 1 saturated carbocycles. The van der Waals surface area contributed by atoms with Gasteiger partial charge in [-0.3, -0.25) is 9.48 Å². The molecule has 1 unspecified atom stereocenters. The average Bonchev–Trinajstić information content (AvgIpc) is 2.91. The summed E-state index contributed by atoms with van der Waals surface area (Å²) in [6, 6.07) is 0. The maximum atomic E-state index is 12.8. The molecule has 1 amide bonds. The molecular formula is C15H21F2N3O3. The van der Waals surface area contributed by atoms with Gasteiger partial charge in [0.15, 0.2) is 0 Å². The van der Waals surface area contributed by atoms with Gasteiger partial charge >= 0.3 is 0 Å². The van der Waals surface area contributed by atoms with E-state index in [-0.39, 0.29) is 31.4 Å². The Bertz CT molecular complexity index is 568. The number of alkyl halides is 2. The molecule has 0 saturated heterocycles. The van der Waals surface area contributed by atoms with Crippen molar-refractivity contribution in [3.05, 3.63) is 17.5 Å². The zero-order valence-corrected chi connectivity index (χ0v) is 13.1. The van der Waals surface area contributed by atoms with Crippen LogP contribution in [0.15, 0.2) is 6.20 Å². The summed E-state index contributed by atoms with van der Waals surface area (Å²) in [5, 5.41) is 7.20. The maximum absolute atomic E-state index is 12.8. The molecule has 0 aromatic carbocycles. The van der Waals surface area contributed by atoms with Crippen LogP contribution in [-0.4, -0.2) is 48.5 Å². The molecule has 1 aromatic rings. The molecule has 1 fully saturated rings. The molecule has 0 spiro atoms. The lowest BCUT2D eigenvalue weighted by atomic mass is 9.81. The predicted octanol–water partition coefficient (Wildman–Crippen LogP) is 1.30. The third kappa shape index (κ3) is 3.69. The fourth-order valence-corrected chi connectivity index (χ4v) is 2.97. The Labute approximate surface area is 133 Å². The molecule has 6 nitrogen and oxygen atoms in total. The van der Waals surface area contributed by atoms with E-state index >= 15 is 0 Å². The van der Waals surface area contributed by atoms with Crippen LogP contribution in [0.5, 0.6) is 0 Å². The number of aromatic nitrogens is 2. The van der Waals surface area contributed by atoms with E-state index in [0.29, 0.717) is 19.8 Å². The quantitative estimate of drug-likeness (QED) is 0.854. The van der Waals surface area contributed by atoms with Crippen LogP contribution in [0.4, 0.5) is 8.78 Å². The Kier molecular flexibility index (Phi) is 4.63. The van der Waals surface area contributed by atoms with Gasteiger partial charge in [-0.05, 0) is 12.0 Å². The standard InChI is InChI=1S/C15H21F2N3O3/c1-22-5-3-20-9-10-2-4-23-12(13(10)19-20)8-18-14(21)11-6-15(16,17)7-11/h9,11-12H,2-8H2,1H3,(H,18,21). The van der Waals surface area contributed by atoms with E-state index in [2.05, 4.69) is 10.4 Å². The molecule has 1 aliphatic heterocycles. The van der Waals surface area contributed by atoms with Crippen molar-refractivity contribution in [2.75, 3.05) is 26.9 Å². The number of carbonyl (C=O) groups excluding carboxylic acids is 1. The fourth-order valence-electron chi connectivity index (χ4n) is 2.97. The highest BCUT2D eigenvalue weighted by atomic mass is 19.3. The summed E-state index contributed by atoms with van der Waals surface area (Å²) in [5.74, 6) is -3.60. The van der Waals surface area contributed by atoms with Crippen LogP contribution >= 0.6 is 0 Å². The molecular weight excluding hydrogens is 308 g/mol. The Hall–Kier alpha value is -1.54. The van der Waals surface area contributed by atoms with Crippen LogP contribution in [0, 0.1) is 5.92 Å². The van der Waals surface area contributed by atoms with Crippen molar-refractivity contribution in [2.45, 2.75) is 37.8 Å². The second kappa shape index (κ2) is 6.52. The molecule has 1 aromatic heterocycles. The first-order valence-corrected chi connectivity index (χ1v) is 7.81. The number of hydrogen-bond donors (Lipinski definition) is 1. The molecule has 23 heavy (non-hydrogen) atoms.